The predicted molar refractivity (Wildman–Crippen MR) is 120 cm³/mol. The number of anilines is 1. The zero-order valence-electron chi connectivity index (χ0n) is 17.1. The molecular weight excluding hydrogens is 430 g/mol. The van der Waals surface area contributed by atoms with Gasteiger partial charge in [0.1, 0.15) is 17.8 Å². The highest BCUT2D eigenvalue weighted by Crippen LogP contribution is 2.23. The number of ether oxygens (including phenoxy) is 1. The van der Waals surface area contributed by atoms with Crippen molar-refractivity contribution in [2.45, 2.75) is 10.9 Å². The van der Waals surface area contributed by atoms with E-state index in [9.17, 15) is 9.59 Å². The number of fused-ring (bicyclic) bond motifs is 1. The van der Waals surface area contributed by atoms with Crippen LogP contribution in [0.15, 0.2) is 66.2 Å². The molecule has 10 heteroatoms. The summed E-state index contributed by atoms with van der Waals surface area (Å²) < 4.78 is 7.06. The van der Waals surface area contributed by atoms with Crippen LogP contribution in [-0.2, 0) is 17.6 Å². The van der Waals surface area contributed by atoms with Gasteiger partial charge in [0, 0.05) is 30.1 Å². The summed E-state index contributed by atoms with van der Waals surface area (Å²) in [6, 6.07) is 14.3. The van der Waals surface area contributed by atoms with Crippen LogP contribution in [-0.4, -0.2) is 43.3 Å². The first-order valence-electron chi connectivity index (χ1n) is 9.59. The Morgan fingerprint density at radius 3 is 2.81 bits per heavy atom. The molecule has 2 aromatic heterocycles. The lowest BCUT2D eigenvalue weighted by Crippen LogP contribution is -2.13. The van der Waals surface area contributed by atoms with E-state index >= 15 is 0 Å². The second-order valence-corrected chi connectivity index (χ2v) is 7.87. The number of carbonyl (C=O) groups is 2. The number of aryl methyl sites for hydroxylation is 1. The molecule has 0 unspecified atom stereocenters. The highest BCUT2D eigenvalue weighted by molar-refractivity contribution is 7.98. The fourth-order valence-electron chi connectivity index (χ4n) is 2.96. The molecule has 0 radical (unpaired) electrons. The van der Waals surface area contributed by atoms with Crippen LogP contribution >= 0.6 is 11.8 Å². The van der Waals surface area contributed by atoms with Crippen LogP contribution in [0.3, 0.4) is 0 Å². The molecule has 162 valence electrons. The van der Waals surface area contributed by atoms with Crippen molar-refractivity contribution in [3.05, 3.63) is 72.3 Å². The average molecular weight is 449 g/mol. The van der Waals surface area contributed by atoms with Gasteiger partial charge in [0.25, 0.3) is 5.91 Å². The molecule has 4 aromatic rings. The molecule has 4 rings (SSSR count). The molecule has 0 saturated carbocycles. The second-order valence-electron chi connectivity index (χ2n) is 6.93. The van der Waals surface area contributed by atoms with Crippen molar-refractivity contribution >= 4 is 40.1 Å². The Labute approximate surface area is 187 Å². The highest BCUT2D eigenvalue weighted by Gasteiger charge is 2.11. The molecule has 2 aromatic carbocycles. The third-order valence-electron chi connectivity index (χ3n) is 4.51. The largest absolute Gasteiger partial charge is 0.482 e. The number of carboxylic acids is 1. The Kier molecular flexibility index (Phi) is 6.31. The number of thioether (sulfide) groups is 1. The summed E-state index contributed by atoms with van der Waals surface area (Å²) in [6.07, 6.45) is 3.25. The van der Waals surface area contributed by atoms with Gasteiger partial charge >= 0.3 is 5.97 Å². The van der Waals surface area contributed by atoms with Crippen LogP contribution in [0.4, 0.5) is 5.69 Å². The van der Waals surface area contributed by atoms with Crippen LogP contribution in [0, 0.1) is 0 Å². The number of aliphatic carboxylic acids is 1. The number of carboxylic acid groups (broad SMARTS) is 1. The van der Waals surface area contributed by atoms with Gasteiger partial charge in [0.2, 0.25) is 0 Å². The molecule has 0 fully saturated rings. The zero-order valence-corrected chi connectivity index (χ0v) is 17.9. The second kappa shape index (κ2) is 9.48. The summed E-state index contributed by atoms with van der Waals surface area (Å²) in [6.45, 7) is -0.435. The topological polar surface area (TPSA) is 119 Å². The smallest absolute Gasteiger partial charge is 0.341 e. The van der Waals surface area contributed by atoms with Crippen LogP contribution in [0.2, 0.25) is 0 Å². The van der Waals surface area contributed by atoms with Gasteiger partial charge in [-0.1, -0.05) is 23.9 Å². The normalized spacial score (nSPS) is 10.8. The summed E-state index contributed by atoms with van der Waals surface area (Å²) in [5, 5.41) is 21.9. The minimum absolute atomic E-state index is 0.242. The number of amides is 1. The van der Waals surface area contributed by atoms with Gasteiger partial charge in [-0.2, -0.15) is 0 Å². The maximum atomic E-state index is 12.7. The molecule has 1 amide bonds. The average Bonchev–Trinajstić information content (AvgIpc) is 3.20. The fourth-order valence-corrected chi connectivity index (χ4v) is 3.79. The number of benzene rings is 2. The highest BCUT2D eigenvalue weighted by atomic mass is 32.2. The van der Waals surface area contributed by atoms with E-state index in [4.69, 9.17) is 9.84 Å². The number of hydrogen-bond acceptors (Lipinski definition) is 7. The van der Waals surface area contributed by atoms with E-state index in [1.54, 1.807) is 48.6 Å². The van der Waals surface area contributed by atoms with E-state index in [1.807, 2.05) is 35.9 Å². The van der Waals surface area contributed by atoms with E-state index in [0.717, 1.165) is 21.5 Å². The molecule has 2 heterocycles. The van der Waals surface area contributed by atoms with Crippen molar-refractivity contribution in [2.75, 3.05) is 11.9 Å². The van der Waals surface area contributed by atoms with E-state index in [2.05, 4.69) is 20.5 Å². The third kappa shape index (κ3) is 5.22. The molecule has 0 aliphatic rings. The van der Waals surface area contributed by atoms with Crippen molar-refractivity contribution in [2.24, 2.45) is 7.05 Å². The quantitative estimate of drug-likeness (QED) is 0.393. The van der Waals surface area contributed by atoms with Crippen molar-refractivity contribution < 1.29 is 19.4 Å². The molecule has 0 spiro atoms. The standard InChI is InChI=1S/C22H19N5O4S/c1-27-13-24-26-22(27)32-12-14-3-2-4-17(7-14)25-21(30)19-9-16-8-18(31-11-20(28)29)6-5-15(16)10-23-19/h2-10,13H,11-12H2,1H3,(H,25,30)(H,28,29). The fraction of sp³-hybridized carbons (Fsp3) is 0.136. The molecule has 0 bridgehead atoms. The molecule has 9 nitrogen and oxygen atoms in total. The Morgan fingerprint density at radius 1 is 1.16 bits per heavy atom. The van der Waals surface area contributed by atoms with Crippen LogP contribution in [0.1, 0.15) is 16.1 Å². The van der Waals surface area contributed by atoms with Gasteiger partial charge in [0.05, 0.1) is 0 Å². The van der Waals surface area contributed by atoms with Gasteiger partial charge in [-0.05, 0) is 47.3 Å². The third-order valence-corrected chi connectivity index (χ3v) is 5.62. The van der Waals surface area contributed by atoms with Crippen molar-refractivity contribution in [1.82, 2.24) is 19.7 Å². The molecule has 0 aliphatic heterocycles. The number of nitrogens with zero attached hydrogens (tertiary/aromatic N) is 4. The van der Waals surface area contributed by atoms with E-state index < -0.39 is 12.6 Å². The minimum atomic E-state index is -1.06. The van der Waals surface area contributed by atoms with Crippen molar-refractivity contribution in [3.8, 4) is 5.75 Å². The molecular formula is C22H19N5O4S. The summed E-state index contributed by atoms with van der Waals surface area (Å²) in [4.78, 5) is 27.7. The number of hydrogen-bond donors (Lipinski definition) is 2. The van der Waals surface area contributed by atoms with E-state index in [0.29, 0.717) is 17.2 Å². The van der Waals surface area contributed by atoms with Gasteiger partial charge in [0.15, 0.2) is 11.8 Å². The van der Waals surface area contributed by atoms with Crippen LogP contribution in [0.5, 0.6) is 5.75 Å². The Hall–Kier alpha value is -3.92. The first kappa shape index (κ1) is 21.3. The van der Waals surface area contributed by atoms with Gasteiger partial charge in [-0.3, -0.25) is 9.78 Å². The van der Waals surface area contributed by atoms with Gasteiger partial charge < -0.3 is 19.7 Å². The van der Waals surface area contributed by atoms with E-state index in [1.165, 1.54) is 0 Å². The van der Waals surface area contributed by atoms with E-state index in [-0.39, 0.29) is 11.6 Å². The Balaban J connectivity index is 1.45. The van der Waals surface area contributed by atoms with Crippen molar-refractivity contribution in [3.63, 3.8) is 0 Å². The molecule has 32 heavy (non-hydrogen) atoms. The summed E-state index contributed by atoms with van der Waals surface area (Å²) >= 11 is 1.55. The van der Waals surface area contributed by atoms with Crippen LogP contribution < -0.4 is 10.1 Å². The number of nitrogens with one attached hydrogen (secondary N) is 1. The number of carbonyl (C=O) groups excluding carboxylic acids is 1. The first-order valence-corrected chi connectivity index (χ1v) is 10.6. The molecule has 0 saturated heterocycles. The Morgan fingerprint density at radius 2 is 2.03 bits per heavy atom. The molecule has 0 aliphatic carbocycles. The first-order chi connectivity index (χ1) is 15.5. The van der Waals surface area contributed by atoms with Gasteiger partial charge in [-0.25, -0.2) is 4.79 Å². The number of rotatable bonds is 8. The number of pyridine rings is 1. The lowest BCUT2D eigenvalue weighted by molar-refractivity contribution is -0.139. The lowest BCUT2D eigenvalue weighted by Gasteiger charge is -2.09. The summed E-state index contributed by atoms with van der Waals surface area (Å²) in [5.41, 5.74) is 1.93. The number of aromatic nitrogens is 4. The predicted octanol–water partition coefficient (Wildman–Crippen LogP) is 3.37. The van der Waals surface area contributed by atoms with Crippen LogP contribution in [0.25, 0.3) is 10.8 Å². The minimum Gasteiger partial charge on any atom is -0.482 e. The lowest BCUT2D eigenvalue weighted by atomic mass is 10.1. The zero-order chi connectivity index (χ0) is 22.5. The van der Waals surface area contributed by atoms with Gasteiger partial charge in [-0.15, -0.1) is 10.2 Å². The Bertz CT molecular complexity index is 1290. The molecule has 0 atom stereocenters. The summed E-state index contributed by atoms with van der Waals surface area (Å²) in [7, 11) is 1.89. The summed E-state index contributed by atoms with van der Waals surface area (Å²) in [5.74, 6) is -0.312. The molecule has 2 N–H and O–H groups in total. The monoisotopic (exact) mass is 449 g/mol. The maximum absolute atomic E-state index is 12.7. The van der Waals surface area contributed by atoms with Crippen molar-refractivity contribution in [1.29, 1.82) is 0 Å². The maximum Gasteiger partial charge on any atom is 0.341 e. The SMILES string of the molecule is Cn1cnnc1SCc1cccc(NC(=O)c2cc3cc(OCC(=O)O)ccc3cn2)c1.